The Balaban J connectivity index is 2.15. The number of carbonyl (C=O) groups excluding carboxylic acids is 2. The highest BCUT2D eigenvalue weighted by Gasteiger charge is 2.39. The molecule has 3 rings (SSSR count). The van der Waals surface area contributed by atoms with E-state index in [1.54, 1.807) is 13.8 Å². The van der Waals surface area contributed by atoms with Crippen LogP contribution >= 0.6 is 0 Å². The van der Waals surface area contributed by atoms with E-state index in [0.29, 0.717) is 17.1 Å². The molecule has 0 saturated heterocycles. The Kier molecular flexibility index (Phi) is 2.65. The summed E-state index contributed by atoms with van der Waals surface area (Å²) in [5.41, 5.74) is 1.81. The number of aryl methyl sites for hydroxylation is 2. The topological polar surface area (TPSA) is 103 Å². The number of aromatic amines is 1. The third-order valence-electron chi connectivity index (χ3n) is 3.45. The van der Waals surface area contributed by atoms with Gasteiger partial charge in [0.1, 0.15) is 0 Å². The zero-order valence-corrected chi connectivity index (χ0v) is 11.3. The molecule has 0 saturated carbocycles. The number of fused-ring (bicyclic) bond motifs is 1. The van der Waals surface area contributed by atoms with Gasteiger partial charge in [0.15, 0.2) is 0 Å². The van der Waals surface area contributed by atoms with Crippen LogP contribution in [0.25, 0.3) is 0 Å². The van der Waals surface area contributed by atoms with Crippen LogP contribution in [0.3, 0.4) is 0 Å². The van der Waals surface area contributed by atoms with E-state index in [9.17, 15) is 14.4 Å². The molecule has 2 heterocycles. The van der Waals surface area contributed by atoms with E-state index in [2.05, 4.69) is 10.2 Å². The molecule has 0 radical (unpaired) electrons. The molecule has 2 aromatic rings. The van der Waals surface area contributed by atoms with Gasteiger partial charge in [0, 0.05) is 0 Å². The first-order valence-electron chi connectivity index (χ1n) is 6.19. The number of hydrogen-bond donors (Lipinski definition) is 2. The zero-order chi connectivity index (χ0) is 15.3. The maximum absolute atomic E-state index is 12.5. The van der Waals surface area contributed by atoms with Gasteiger partial charge in [0.2, 0.25) is 0 Å². The highest BCUT2D eigenvalue weighted by molar-refractivity contribution is 6.35. The number of benzene rings is 1. The second-order valence-corrected chi connectivity index (χ2v) is 4.79. The van der Waals surface area contributed by atoms with E-state index in [1.807, 2.05) is 0 Å². The molecule has 0 bridgehead atoms. The number of hydrogen-bond acceptors (Lipinski definition) is 4. The third kappa shape index (κ3) is 1.74. The van der Waals surface area contributed by atoms with Crippen LogP contribution in [0.15, 0.2) is 18.2 Å². The van der Waals surface area contributed by atoms with Gasteiger partial charge in [0.25, 0.3) is 11.8 Å². The first kappa shape index (κ1) is 13.0. The molecule has 1 aromatic heterocycles. The van der Waals surface area contributed by atoms with Gasteiger partial charge in [0.05, 0.1) is 33.8 Å². The van der Waals surface area contributed by atoms with E-state index in [0.717, 1.165) is 4.90 Å². The Labute approximate surface area is 119 Å². The van der Waals surface area contributed by atoms with E-state index in [-0.39, 0.29) is 16.7 Å². The average Bonchev–Trinajstić information content (AvgIpc) is 2.89. The van der Waals surface area contributed by atoms with Gasteiger partial charge < -0.3 is 5.11 Å². The number of nitrogens with one attached hydrogen (secondary N) is 1. The van der Waals surface area contributed by atoms with Crippen molar-refractivity contribution in [2.75, 3.05) is 4.90 Å². The molecular formula is C14H11N3O4. The molecule has 7 nitrogen and oxygen atoms in total. The third-order valence-corrected chi connectivity index (χ3v) is 3.45. The first-order chi connectivity index (χ1) is 9.91. The van der Waals surface area contributed by atoms with Gasteiger partial charge in [-0.05, 0) is 32.0 Å². The number of carboxylic acid groups (broad SMARTS) is 1. The minimum Gasteiger partial charge on any atom is -0.478 e. The van der Waals surface area contributed by atoms with Crippen LogP contribution in [-0.2, 0) is 0 Å². The second kappa shape index (κ2) is 4.27. The molecule has 1 aromatic carbocycles. The summed E-state index contributed by atoms with van der Waals surface area (Å²) in [6.45, 7) is 3.40. The fourth-order valence-corrected chi connectivity index (χ4v) is 2.45. The van der Waals surface area contributed by atoms with Crippen LogP contribution in [0.5, 0.6) is 0 Å². The Hall–Kier alpha value is -2.96. The number of aromatic carboxylic acids is 1. The molecule has 7 heteroatoms. The average molecular weight is 285 g/mol. The van der Waals surface area contributed by atoms with E-state index < -0.39 is 17.8 Å². The summed E-state index contributed by atoms with van der Waals surface area (Å²) in [7, 11) is 0. The molecule has 0 fully saturated rings. The summed E-state index contributed by atoms with van der Waals surface area (Å²) in [4.78, 5) is 36.9. The predicted molar refractivity (Wildman–Crippen MR) is 72.6 cm³/mol. The van der Waals surface area contributed by atoms with Crippen molar-refractivity contribution in [3.05, 3.63) is 46.3 Å². The van der Waals surface area contributed by atoms with Crippen LogP contribution in [0.1, 0.15) is 42.5 Å². The minimum atomic E-state index is -1.15. The summed E-state index contributed by atoms with van der Waals surface area (Å²) in [5, 5.41) is 15.7. The maximum Gasteiger partial charge on any atom is 0.335 e. The lowest BCUT2D eigenvalue weighted by Gasteiger charge is -2.13. The number of amides is 2. The standard InChI is InChI=1S/C14H11N3O4/c1-6-11(7(2)16-15-6)17-12(18)9-4-3-8(14(20)21)5-10(9)13(17)19/h3-5H,1-2H3,(H,15,16)(H,20,21). The largest absolute Gasteiger partial charge is 0.478 e. The molecule has 1 aliphatic heterocycles. The van der Waals surface area contributed by atoms with Crippen LogP contribution in [0.4, 0.5) is 5.69 Å². The number of aromatic nitrogens is 2. The fraction of sp³-hybridized carbons (Fsp3) is 0.143. The molecule has 1 aliphatic rings. The molecular weight excluding hydrogens is 274 g/mol. The lowest BCUT2D eigenvalue weighted by atomic mass is 10.1. The lowest BCUT2D eigenvalue weighted by Crippen LogP contribution is -2.30. The highest BCUT2D eigenvalue weighted by atomic mass is 16.4. The summed E-state index contributed by atoms with van der Waals surface area (Å²) >= 11 is 0. The van der Waals surface area contributed by atoms with Gasteiger partial charge >= 0.3 is 5.97 Å². The van der Waals surface area contributed by atoms with Crippen molar-refractivity contribution in [1.29, 1.82) is 0 Å². The van der Waals surface area contributed by atoms with Crippen molar-refractivity contribution in [3.8, 4) is 0 Å². The van der Waals surface area contributed by atoms with Gasteiger partial charge in [-0.1, -0.05) is 0 Å². The zero-order valence-electron chi connectivity index (χ0n) is 11.3. The summed E-state index contributed by atoms with van der Waals surface area (Å²) in [5.74, 6) is -2.16. The van der Waals surface area contributed by atoms with Crippen molar-refractivity contribution < 1.29 is 19.5 Å². The second-order valence-electron chi connectivity index (χ2n) is 4.79. The summed E-state index contributed by atoms with van der Waals surface area (Å²) in [6, 6.07) is 3.90. The smallest absolute Gasteiger partial charge is 0.335 e. The van der Waals surface area contributed by atoms with Crippen LogP contribution in [-0.4, -0.2) is 33.1 Å². The SMILES string of the molecule is Cc1n[nH]c(C)c1N1C(=O)c2ccc(C(=O)O)cc2C1=O. The molecule has 2 N–H and O–H groups in total. The van der Waals surface area contributed by atoms with Gasteiger partial charge in [-0.15, -0.1) is 0 Å². The molecule has 0 aliphatic carbocycles. The Morgan fingerprint density at radius 2 is 1.86 bits per heavy atom. The molecule has 0 unspecified atom stereocenters. The highest BCUT2D eigenvalue weighted by Crippen LogP contribution is 2.32. The van der Waals surface area contributed by atoms with Crippen LogP contribution in [0, 0.1) is 13.8 Å². The monoisotopic (exact) mass is 285 g/mol. The van der Waals surface area contributed by atoms with Crippen molar-refractivity contribution in [2.24, 2.45) is 0 Å². The van der Waals surface area contributed by atoms with Crippen molar-refractivity contribution in [1.82, 2.24) is 10.2 Å². The van der Waals surface area contributed by atoms with E-state index >= 15 is 0 Å². The molecule has 2 amide bonds. The Bertz CT molecular complexity index is 787. The van der Waals surface area contributed by atoms with E-state index in [4.69, 9.17) is 5.11 Å². The number of H-pyrrole nitrogens is 1. The van der Waals surface area contributed by atoms with Crippen molar-refractivity contribution in [2.45, 2.75) is 13.8 Å². The number of nitrogens with zero attached hydrogens (tertiary/aromatic N) is 2. The Morgan fingerprint density at radius 1 is 1.19 bits per heavy atom. The molecule has 0 spiro atoms. The number of imide groups is 1. The number of carbonyl (C=O) groups is 3. The van der Waals surface area contributed by atoms with Gasteiger partial charge in [-0.2, -0.15) is 5.10 Å². The minimum absolute atomic E-state index is 0.0302. The van der Waals surface area contributed by atoms with Gasteiger partial charge in [-0.25, -0.2) is 9.69 Å². The Morgan fingerprint density at radius 3 is 2.43 bits per heavy atom. The van der Waals surface area contributed by atoms with Gasteiger partial charge in [-0.3, -0.25) is 14.7 Å². The van der Waals surface area contributed by atoms with E-state index in [1.165, 1.54) is 18.2 Å². The van der Waals surface area contributed by atoms with Crippen LogP contribution in [0.2, 0.25) is 0 Å². The maximum atomic E-state index is 12.5. The molecule has 106 valence electrons. The summed E-state index contributed by atoms with van der Waals surface area (Å²) in [6.07, 6.45) is 0. The van der Waals surface area contributed by atoms with Crippen molar-refractivity contribution in [3.63, 3.8) is 0 Å². The summed E-state index contributed by atoms with van der Waals surface area (Å²) < 4.78 is 0. The lowest BCUT2D eigenvalue weighted by molar-refractivity contribution is 0.0696. The number of anilines is 1. The normalized spacial score (nSPS) is 13.7. The molecule has 0 atom stereocenters. The number of rotatable bonds is 2. The number of carboxylic acids is 1. The van der Waals surface area contributed by atoms with Crippen LogP contribution < -0.4 is 4.90 Å². The predicted octanol–water partition coefficient (Wildman–Crippen LogP) is 1.53. The quantitative estimate of drug-likeness (QED) is 0.814. The fourth-order valence-electron chi connectivity index (χ4n) is 2.45. The molecule has 21 heavy (non-hydrogen) atoms. The first-order valence-corrected chi connectivity index (χ1v) is 6.19. The van der Waals surface area contributed by atoms with Crippen molar-refractivity contribution >= 4 is 23.5 Å².